The van der Waals surface area contributed by atoms with Crippen molar-refractivity contribution in [2.45, 2.75) is 26.9 Å². The Hall–Kier alpha value is -0.650. The standard InChI is InChI=1S/C12H25NO4/c1-5-17-11(12(14)15)9-13(6-7-16-4)8-10(2)3/h10-11H,5-9H2,1-4H3,(H,14,15). The van der Waals surface area contributed by atoms with Crippen LogP contribution in [0.5, 0.6) is 0 Å². The Kier molecular flexibility index (Phi) is 9.03. The Morgan fingerprint density at radius 2 is 2.00 bits per heavy atom. The van der Waals surface area contributed by atoms with Gasteiger partial charge in [0.2, 0.25) is 0 Å². The summed E-state index contributed by atoms with van der Waals surface area (Å²) in [5.41, 5.74) is 0. The Bertz CT molecular complexity index is 209. The molecule has 0 aliphatic carbocycles. The lowest BCUT2D eigenvalue weighted by atomic mass is 10.2. The molecule has 0 heterocycles. The third-order valence-corrected chi connectivity index (χ3v) is 2.30. The molecule has 0 saturated heterocycles. The van der Waals surface area contributed by atoms with Crippen molar-refractivity contribution in [1.82, 2.24) is 4.90 Å². The summed E-state index contributed by atoms with van der Waals surface area (Å²) in [6.45, 7) is 9.02. The van der Waals surface area contributed by atoms with E-state index in [9.17, 15) is 4.79 Å². The summed E-state index contributed by atoms with van der Waals surface area (Å²) >= 11 is 0. The van der Waals surface area contributed by atoms with E-state index >= 15 is 0 Å². The number of aliphatic carboxylic acids is 1. The Morgan fingerprint density at radius 3 is 2.41 bits per heavy atom. The van der Waals surface area contributed by atoms with Gasteiger partial charge >= 0.3 is 5.97 Å². The first kappa shape index (κ1) is 16.4. The lowest BCUT2D eigenvalue weighted by molar-refractivity contribution is -0.151. The van der Waals surface area contributed by atoms with Crippen molar-refractivity contribution in [2.24, 2.45) is 5.92 Å². The van der Waals surface area contributed by atoms with Gasteiger partial charge in [-0.15, -0.1) is 0 Å². The first-order valence-electron chi connectivity index (χ1n) is 6.06. The number of carboxylic acid groups (broad SMARTS) is 1. The highest BCUT2D eigenvalue weighted by Gasteiger charge is 2.21. The van der Waals surface area contributed by atoms with Gasteiger partial charge in [0, 0.05) is 33.4 Å². The molecule has 102 valence electrons. The van der Waals surface area contributed by atoms with Gasteiger partial charge in [-0.1, -0.05) is 13.8 Å². The fraction of sp³-hybridized carbons (Fsp3) is 0.917. The zero-order valence-corrected chi connectivity index (χ0v) is 11.3. The molecular weight excluding hydrogens is 222 g/mol. The topological polar surface area (TPSA) is 59.0 Å². The molecule has 0 aromatic rings. The first-order valence-corrected chi connectivity index (χ1v) is 6.06. The van der Waals surface area contributed by atoms with E-state index in [2.05, 4.69) is 18.7 Å². The molecule has 0 aliphatic rings. The molecule has 0 saturated carbocycles. The van der Waals surface area contributed by atoms with E-state index in [-0.39, 0.29) is 0 Å². The van der Waals surface area contributed by atoms with Crippen molar-refractivity contribution in [3.8, 4) is 0 Å². The predicted octanol–water partition coefficient (Wildman–Crippen LogP) is 1.08. The third-order valence-electron chi connectivity index (χ3n) is 2.30. The molecule has 1 atom stereocenters. The molecule has 17 heavy (non-hydrogen) atoms. The van der Waals surface area contributed by atoms with E-state index in [1.54, 1.807) is 14.0 Å². The van der Waals surface area contributed by atoms with Crippen LogP contribution in [0.25, 0.3) is 0 Å². The fourth-order valence-electron chi connectivity index (χ4n) is 1.63. The lowest BCUT2D eigenvalue weighted by Gasteiger charge is -2.26. The van der Waals surface area contributed by atoms with Crippen LogP contribution in [-0.4, -0.2) is 62.0 Å². The zero-order valence-electron chi connectivity index (χ0n) is 11.3. The van der Waals surface area contributed by atoms with Crippen LogP contribution in [0.2, 0.25) is 0 Å². The van der Waals surface area contributed by atoms with Crippen molar-refractivity contribution in [2.75, 3.05) is 40.0 Å². The van der Waals surface area contributed by atoms with Crippen LogP contribution in [-0.2, 0) is 14.3 Å². The number of hydrogen-bond donors (Lipinski definition) is 1. The number of rotatable bonds is 10. The van der Waals surface area contributed by atoms with E-state index in [0.717, 1.165) is 13.1 Å². The number of hydrogen-bond acceptors (Lipinski definition) is 4. The Balaban J connectivity index is 4.29. The summed E-state index contributed by atoms with van der Waals surface area (Å²) in [5, 5.41) is 9.03. The zero-order chi connectivity index (χ0) is 13.3. The van der Waals surface area contributed by atoms with Gasteiger partial charge in [-0.3, -0.25) is 4.90 Å². The van der Waals surface area contributed by atoms with Gasteiger partial charge in [0.05, 0.1) is 6.61 Å². The number of carboxylic acids is 1. The minimum atomic E-state index is -0.905. The maximum Gasteiger partial charge on any atom is 0.334 e. The van der Waals surface area contributed by atoms with E-state index in [1.807, 2.05) is 0 Å². The van der Waals surface area contributed by atoms with E-state index in [1.165, 1.54) is 0 Å². The van der Waals surface area contributed by atoms with Crippen molar-refractivity contribution >= 4 is 5.97 Å². The van der Waals surface area contributed by atoms with Crippen LogP contribution in [0.3, 0.4) is 0 Å². The summed E-state index contributed by atoms with van der Waals surface area (Å²) in [6, 6.07) is 0. The molecule has 1 N–H and O–H groups in total. The smallest absolute Gasteiger partial charge is 0.334 e. The maximum absolute atomic E-state index is 11.0. The van der Waals surface area contributed by atoms with Gasteiger partial charge in [0.25, 0.3) is 0 Å². The number of carbonyl (C=O) groups is 1. The highest BCUT2D eigenvalue weighted by molar-refractivity contribution is 5.72. The molecule has 0 spiro atoms. The second kappa shape index (κ2) is 9.39. The molecule has 0 bridgehead atoms. The molecule has 0 aliphatic heterocycles. The van der Waals surface area contributed by atoms with Crippen molar-refractivity contribution in [3.63, 3.8) is 0 Å². The molecule has 0 fully saturated rings. The minimum absolute atomic E-state index is 0.407. The van der Waals surface area contributed by atoms with E-state index < -0.39 is 12.1 Å². The quantitative estimate of drug-likeness (QED) is 0.626. The number of nitrogens with zero attached hydrogens (tertiary/aromatic N) is 1. The first-order chi connectivity index (χ1) is 8.01. The molecule has 5 nitrogen and oxygen atoms in total. The average Bonchev–Trinajstić information content (AvgIpc) is 2.24. The molecule has 0 amide bonds. The largest absolute Gasteiger partial charge is 0.479 e. The van der Waals surface area contributed by atoms with Crippen molar-refractivity contribution in [3.05, 3.63) is 0 Å². The van der Waals surface area contributed by atoms with Crippen LogP contribution < -0.4 is 0 Å². The van der Waals surface area contributed by atoms with Gasteiger partial charge in [-0.25, -0.2) is 4.79 Å². The number of methoxy groups -OCH3 is 1. The normalized spacial score (nSPS) is 13.3. The van der Waals surface area contributed by atoms with Gasteiger partial charge in [0.15, 0.2) is 6.10 Å². The van der Waals surface area contributed by atoms with Gasteiger partial charge in [0.1, 0.15) is 0 Å². The van der Waals surface area contributed by atoms with Crippen LogP contribution in [0.4, 0.5) is 0 Å². The predicted molar refractivity (Wildman–Crippen MR) is 66.2 cm³/mol. The molecular formula is C12H25NO4. The number of ether oxygens (including phenoxy) is 2. The molecule has 0 aromatic carbocycles. The SMILES string of the molecule is CCOC(CN(CCOC)CC(C)C)C(=O)O. The van der Waals surface area contributed by atoms with Gasteiger partial charge in [-0.05, 0) is 12.8 Å². The summed E-state index contributed by atoms with van der Waals surface area (Å²) < 4.78 is 10.2. The molecule has 1 unspecified atom stereocenters. The molecule has 5 heteroatoms. The van der Waals surface area contributed by atoms with E-state index in [4.69, 9.17) is 14.6 Å². The van der Waals surface area contributed by atoms with Crippen LogP contribution in [0.1, 0.15) is 20.8 Å². The van der Waals surface area contributed by atoms with Crippen molar-refractivity contribution < 1.29 is 19.4 Å². The van der Waals surface area contributed by atoms with Crippen molar-refractivity contribution in [1.29, 1.82) is 0 Å². The van der Waals surface area contributed by atoms with Crippen LogP contribution in [0, 0.1) is 5.92 Å². The Morgan fingerprint density at radius 1 is 1.35 bits per heavy atom. The summed E-state index contributed by atoms with van der Waals surface area (Å²) in [6.07, 6.45) is -0.754. The summed E-state index contributed by atoms with van der Waals surface area (Å²) in [7, 11) is 1.64. The second-order valence-electron chi connectivity index (χ2n) is 4.43. The van der Waals surface area contributed by atoms with Gasteiger partial charge in [-0.2, -0.15) is 0 Å². The lowest BCUT2D eigenvalue weighted by Crippen LogP contribution is -2.41. The summed E-state index contributed by atoms with van der Waals surface area (Å²) in [4.78, 5) is 13.1. The highest BCUT2D eigenvalue weighted by atomic mass is 16.5. The van der Waals surface area contributed by atoms with Gasteiger partial charge < -0.3 is 14.6 Å². The Labute approximate surface area is 104 Å². The van der Waals surface area contributed by atoms with Crippen LogP contribution in [0.15, 0.2) is 0 Å². The monoisotopic (exact) mass is 247 g/mol. The average molecular weight is 247 g/mol. The minimum Gasteiger partial charge on any atom is -0.479 e. The molecule has 0 aromatic heterocycles. The third kappa shape index (κ3) is 8.12. The molecule has 0 radical (unpaired) electrons. The van der Waals surface area contributed by atoms with E-state index in [0.29, 0.717) is 25.7 Å². The highest BCUT2D eigenvalue weighted by Crippen LogP contribution is 2.03. The summed E-state index contributed by atoms with van der Waals surface area (Å²) in [5.74, 6) is -0.416. The fourth-order valence-corrected chi connectivity index (χ4v) is 1.63. The second-order valence-corrected chi connectivity index (χ2v) is 4.43. The molecule has 0 rings (SSSR count). The van der Waals surface area contributed by atoms with Crippen LogP contribution >= 0.6 is 0 Å². The maximum atomic E-state index is 11.0.